The van der Waals surface area contributed by atoms with Crippen molar-refractivity contribution < 1.29 is 0 Å². The van der Waals surface area contributed by atoms with Gasteiger partial charge in [0.1, 0.15) is 0 Å². The molecule has 0 spiro atoms. The van der Waals surface area contributed by atoms with E-state index in [0.29, 0.717) is 0 Å². The van der Waals surface area contributed by atoms with Gasteiger partial charge in [0.2, 0.25) is 0 Å². The van der Waals surface area contributed by atoms with Crippen molar-refractivity contribution in [1.82, 2.24) is 10.3 Å². The summed E-state index contributed by atoms with van der Waals surface area (Å²) in [5, 5.41) is 3.45. The number of rotatable bonds is 5. The number of nitrogens with one attached hydrogen (secondary N) is 1. The average molecular weight is 202 g/mol. The van der Waals surface area contributed by atoms with Gasteiger partial charge in [-0.1, -0.05) is 17.7 Å². The lowest BCUT2D eigenvalue weighted by Crippen LogP contribution is -2.15. The van der Waals surface area contributed by atoms with Gasteiger partial charge in [-0.2, -0.15) is 0 Å². The van der Waals surface area contributed by atoms with Gasteiger partial charge in [-0.25, -0.2) is 0 Å². The summed E-state index contributed by atoms with van der Waals surface area (Å²) in [5.74, 6) is 0. The molecule has 0 aromatic carbocycles. The van der Waals surface area contributed by atoms with Crippen molar-refractivity contribution in [3.63, 3.8) is 0 Å². The molecule has 1 aromatic rings. The maximum Gasteiger partial charge on any atom is 0.0312 e. The molecule has 0 fully saturated rings. The fraction of sp³-hybridized carbons (Fsp3) is 0.462. The second-order valence-electron chi connectivity index (χ2n) is 4.04. The lowest BCUT2D eigenvalue weighted by atomic mass is 10.1. The van der Waals surface area contributed by atoms with E-state index in [-0.39, 0.29) is 0 Å². The maximum absolute atomic E-state index is 4.09. The highest BCUT2D eigenvalue weighted by molar-refractivity contribution is 5.09. The molecule has 15 heavy (non-hydrogen) atoms. The van der Waals surface area contributed by atoms with E-state index < -0.39 is 0 Å². The minimum Gasteiger partial charge on any atom is -0.312 e. The summed E-state index contributed by atoms with van der Waals surface area (Å²) in [6, 6.07) is 4.09. The Kier molecular flexibility index (Phi) is 3.92. The number of nitrogens with zero attached hydrogens (tertiary/aromatic N) is 1. The quantitative estimate of drug-likeness (QED) is 0.586. The standard InChI is InChI=1S/C13H18N2/c1-2-5-12(4-1)7-9-15-11-13-6-3-8-14-10-13/h3-4,6,8,10,15H,1-2,5,7,9,11H2. The molecule has 0 radical (unpaired) electrons. The molecule has 1 heterocycles. The monoisotopic (exact) mass is 202 g/mol. The van der Waals surface area contributed by atoms with Crippen LogP contribution in [0.1, 0.15) is 31.2 Å². The number of allylic oxidation sites excluding steroid dienone is 1. The third-order valence-corrected chi connectivity index (χ3v) is 2.81. The lowest BCUT2D eigenvalue weighted by molar-refractivity contribution is 0.674. The van der Waals surface area contributed by atoms with Crippen molar-refractivity contribution in [2.24, 2.45) is 0 Å². The molecule has 0 saturated carbocycles. The minimum atomic E-state index is 0.932. The molecule has 1 aromatic heterocycles. The molecule has 2 rings (SSSR count). The molecule has 0 saturated heterocycles. The molecular weight excluding hydrogens is 184 g/mol. The van der Waals surface area contributed by atoms with Gasteiger partial charge in [0.25, 0.3) is 0 Å². The predicted octanol–water partition coefficient (Wildman–Crippen LogP) is 2.67. The zero-order valence-electron chi connectivity index (χ0n) is 9.08. The summed E-state index contributed by atoms with van der Waals surface area (Å²) >= 11 is 0. The zero-order valence-corrected chi connectivity index (χ0v) is 9.08. The molecule has 2 heteroatoms. The van der Waals surface area contributed by atoms with Crippen molar-refractivity contribution in [1.29, 1.82) is 0 Å². The van der Waals surface area contributed by atoms with Gasteiger partial charge in [0.15, 0.2) is 0 Å². The smallest absolute Gasteiger partial charge is 0.0312 e. The van der Waals surface area contributed by atoms with Crippen LogP contribution in [0.4, 0.5) is 0 Å². The fourth-order valence-corrected chi connectivity index (χ4v) is 1.95. The van der Waals surface area contributed by atoms with Gasteiger partial charge in [0, 0.05) is 18.9 Å². The first-order chi connectivity index (χ1) is 7.45. The van der Waals surface area contributed by atoms with Gasteiger partial charge in [-0.05, 0) is 43.9 Å². The van der Waals surface area contributed by atoms with Crippen molar-refractivity contribution in [3.8, 4) is 0 Å². The Balaban J connectivity index is 1.63. The van der Waals surface area contributed by atoms with E-state index in [9.17, 15) is 0 Å². The van der Waals surface area contributed by atoms with Crippen LogP contribution in [-0.2, 0) is 6.54 Å². The molecule has 0 aliphatic heterocycles. The maximum atomic E-state index is 4.09. The van der Waals surface area contributed by atoms with Crippen molar-refractivity contribution >= 4 is 0 Å². The Bertz CT molecular complexity index is 317. The van der Waals surface area contributed by atoms with Crippen molar-refractivity contribution in [2.45, 2.75) is 32.2 Å². The second kappa shape index (κ2) is 5.66. The van der Waals surface area contributed by atoms with Gasteiger partial charge in [0.05, 0.1) is 0 Å². The first kappa shape index (κ1) is 10.4. The van der Waals surface area contributed by atoms with E-state index in [1.807, 2.05) is 18.5 Å². The number of hydrogen-bond acceptors (Lipinski definition) is 2. The topological polar surface area (TPSA) is 24.9 Å². The molecule has 0 unspecified atom stereocenters. The highest BCUT2D eigenvalue weighted by Gasteiger charge is 2.03. The first-order valence-electron chi connectivity index (χ1n) is 5.73. The number of pyridine rings is 1. The molecule has 1 aliphatic rings. The van der Waals surface area contributed by atoms with Crippen molar-refractivity contribution in [3.05, 3.63) is 41.7 Å². The van der Waals surface area contributed by atoms with Crippen LogP contribution in [-0.4, -0.2) is 11.5 Å². The molecule has 0 amide bonds. The van der Waals surface area contributed by atoms with Crippen LogP contribution in [0.2, 0.25) is 0 Å². The highest BCUT2D eigenvalue weighted by Crippen LogP contribution is 2.19. The largest absolute Gasteiger partial charge is 0.312 e. The average Bonchev–Trinajstić information content (AvgIpc) is 2.79. The molecule has 0 bridgehead atoms. The summed E-state index contributed by atoms with van der Waals surface area (Å²) in [6.45, 7) is 2.02. The third-order valence-electron chi connectivity index (χ3n) is 2.81. The molecule has 80 valence electrons. The number of aromatic nitrogens is 1. The molecule has 1 aliphatic carbocycles. The Labute approximate surface area is 91.4 Å². The van der Waals surface area contributed by atoms with Crippen LogP contribution in [0.15, 0.2) is 36.2 Å². The van der Waals surface area contributed by atoms with Crippen LogP contribution in [0.3, 0.4) is 0 Å². The zero-order chi connectivity index (χ0) is 10.3. The van der Waals surface area contributed by atoms with Gasteiger partial charge < -0.3 is 5.32 Å². The Morgan fingerprint density at radius 1 is 1.40 bits per heavy atom. The summed E-state index contributed by atoms with van der Waals surface area (Å²) in [6.07, 6.45) is 11.3. The van der Waals surface area contributed by atoms with E-state index in [1.54, 1.807) is 5.57 Å². The predicted molar refractivity (Wildman–Crippen MR) is 62.5 cm³/mol. The fourth-order valence-electron chi connectivity index (χ4n) is 1.95. The third kappa shape index (κ3) is 3.48. The second-order valence-corrected chi connectivity index (χ2v) is 4.04. The van der Waals surface area contributed by atoms with Crippen LogP contribution >= 0.6 is 0 Å². The molecule has 2 nitrogen and oxygen atoms in total. The molecule has 1 N–H and O–H groups in total. The summed E-state index contributed by atoms with van der Waals surface area (Å²) in [5.41, 5.74) is 2.89. The van der Waals surface area contributed by atoms with Gasteiger partial charge in [-0.15, -0.1) is 0 Å². The van der Waals surface area contributed by atoms with Crippen molar-refractivity contribution in [2.75, 3.05) is 6.54 Å². The Morgan fingerprint density at radius 3 is 3.13 bits per heavy atom. The summed E-state index contributed by atoms with van der Waals surface area (Å²) in [7, 11) is 0. The lowest BCUT2D eigenvalue weighted by Gasteiger charge is -2.04. The van der Waals surface area contributed by atoms with Crippen LogP contribution < -0.4 is 5.32 Å². The van der Waals surface area contributed by atoms with Crippen LogP contribution in [0, 0.1) is 0 Å². The highest BCUT2D eigenvalue weighted by atomic mass is 14.8. The van der Waals surface area contributed by atoms with Gasteiger partial charge >= 0.3 is 0 Å². The van der Waals surface area contributed by atoms with Crippen LogP contribution in [0.25, 0.3) is 0 Å². The van der Waals surface area contributed by atoms with E-state index in [0.717, 1.165) is 13.1 Å². The normalized spacial score (nSPS) is 15.3. The Morgan fingerprint density at radius 2 is 2.40 bits per heavy atom. The summed E-state index contributed by atoms with van der Waals surface area (Å²) in [4.78, 5) is 4.09. The summed E-state index contributed by atoms with van der Waals surface area (Å²) < 4.78 is 0. The minimum absolute atomic E-state index is 0.932. The van der Waals surface area contributed by atoms with E-state index in [4.69, 9.17) is 0 Å². The molecular formula is C13H18N2. The van der Waals surface area contributed by atoms with E-state index >= 15 is 0 Å². The Hall–Kier alpha value is -1.15. The van der Waals surface area contributed by atoms with E-state index in [2.05, 4.69) is 22.4 Å². The SMILES string of the molecule is C1=C(CCNCc2cccnc2)CCC1. The van der Waals surface area contributed by atoms with Gasteiger partial charge in [-0.3, -0.25) is 4.98 Å². The van der Waals surface area contributed by atoms with E-state index in [1.165, 1.54) is 31.2 Å². The number of hydrogen-bond donors (Lipinski definition) is 1. The molecule has 0 atom stereocenters. The first-order valence-corrected chi connectivity index (χ1v) is 5.73. The van der Waals surface area contributed by atoms with Crippen LogP contribution in [0.5, 0.6) is 0 Å².